The molecule has 0 aromatic heterocycles. The molecular weight excluding hydrogens is 214 g/mol. The van der Waals surface area contributed by atoms with Gasteiger partial charge in [0.15, 0.2) is 0 Å². The van der Waals surface area contributed by atoms with Gasteiger partial charge in [-0.2, -0.15) is 35.4 Å². The van der Waals surface area contributed by atoms with Crippen LogP contribution in [0.25, 0.3) is 0 Å². The molecule has 0 atom stereocenters. The number of hydrogen-bond donors (Lipinski definition) is 3. The van der Waals surface area contributed by atoms with E-state index in [1.807, 2.05) is 12.1 Å². The molecule has 3 N–H and O–H groups in total. The molecule has 4 nitrogen and oxygen atoms in total. The van der Waals surface area contributed by atoms with Crippen LogP contribution in [0.3, 0.4) is 0 Å². The third-order valence-electron chi connectivity index (χ3n) is 1.33. The first-order valence-corrected chi connectivity index (χ1v) is 5.09. The fourth-order valence-corrected chi connectivity index (χ4v) is 0.604. The first kappa shape index (κ1) is 16.7. The quantitative estimate of drug-likeness (QED) is 0.276. The minimum Gasteiger partial charge on any atom is -0.303 e. The normalized spacial score (nSPS) is 9.50. The SMILES string of the molecule is Cc1[c-]cccc1C.O=P(O)(O)O.[Na+]. The number of rotatable bonds is 0. The van der Waals surface area contributed by atoms with Crippen molar-refractivity contribution in [3.8, 4) is 0 Å². The van der Waals surface area contributed by atoms with Crippen molar-refractivity contribution in [2.24, 2.45) is 0 Å². The first-order valence-electron chi connectivity index (χ1n) is 3.53. The first-order chi connectivity index (χ1) is 5.80. The van der Waals surface area contributed by atoms with Crippen molar-refractivity contribution in [2.75, 3.05) is 0 Å². The van der Waals surface area contributed by atoms with Crippen LogP contribution in [0.5, 0.6) is 0 Å². The predicted molar refractivity (Wildman–Crippen MR) is 49.0 cm³/mol. The summed E-state index contributed by atoms with van der Waals surface area (Å²) in [4.78, 5) is 21.6. The second-order valence-electron chi connectivity index (χ2n) is 2.49. The van der Waals surface area contributed by atoms with Gasteiger partial charge in [-0.05, 0) is 0 Å². The van der Waals surface area contributed by atoms with Crippen LogP contribution in [0.4, 0.5) is 0 Å². The van der Waals surface area contributed by atoms with Gasteiger partial charge in [-0.1, -0.05) is 13.8 Å². The van der Waals surface area contributed by atoms with Crippen molar-refractivity contribution in [2.45, 2.75) is 13.8 Å². The predicted octanol–water partition coefficient (Wildman–Crippen LogP) is -1.82. The standard InChI is InChI=1S/C8H9.Na.H3O4P/c1-7-5-3-4-6-8(7)2;;1-5(2,3)4/h3-5H,1-2H3;;(H3,1,2,3,4)/q-1;+1;. The van der Waals surface area contributed by atoms with Crippen molar-refractivity contribution in [1.29, 1.82) is 0 Å². The van der Waals surface area contributed by atoms with Crippen LogP contribution in [0, 0.1) is 19.9 Å². The molecule has 6 heteroatoms. The Bertz CT molecular complexity index is 281. The molecule has 0 unspecified atom stereocenters. The average Bonchev–Trinajstić information content (AvgIpc) is 1.92. The number of phosphoric acid groups is 1. The molecule has 1 aromatic rings. The second-order valence-corrected chi connectivity index (χ2v) is 3.52. The summed E-state index contributed by atoms with van der Waals surface area (Å²) in [6.45, 7) is 4.15. The molecule has 0 amide bonds. The van der Waals surface area contributed by atoms with E-state index in [1.165, 1.54) is 11.1 Å². The van der Waals surface area contributed by atoms with Gasteiger partial charge in [0, 0.05) is 0 Å². The zero-order valence-corrected chi connectivity index (χ0v) is 11.3. The summed E-state index contributed by atoms with van der Waals surface area (Å²) < 4.78 is 8.88. The minimum atomic E-state index is -4.64. The van der Waals surface area contributed by atoms with Gasteiger partial charge in [0.1, 0.15) is 0 Å². The molecule has 0 aliphatic carbocycles. The maximum Gasteiger partial charge on any atom is 1.00 e. The Morgan fingerprint density at radius 1 is 1.29 bits per heavy atom. The van der Waals surface area contributed by atoms with Crippen LogP contribution in [-0.4, -0.2) is 14.7 Å². The summed E-state index contributed by atoms with van der Waals surface area (Å²) in [6, 6.07) is 9.12. The number of aryl methyl sites for hydroxylation is 2. The van der Waals surface area contributed by atoms with E-state index in [9.17, 15) is 0 Å². The zero-order chi connectivity index (χ0) is 10.5. The molecule has 0 saturated heterocycles. The number of benzene rings is 1. The monoisotopic (exact) mass is 226 g/mol. The summed E-state index contributed by atoms with van der Waals surface area (Å²) in [5.74, 6) is 0. The van der Waals surface area contributed by atoms with E-state index in [2.05, 4.69) is 26.0 Å². The van der Waals surface area contributed by atoms with E-state index in [-0.39, 0.29) is 29.6 Å². The molecule has 0 bridgehead atoms. The molecule has 0 saturated carbocycles. The molecule has 1 rings (SSSR count). The molecule has 0 aliphatic rings. The summed E-state index contributed by atoms with van der Waals surface area (Å²) in [5.41, 5.74) is 2.56. The molecule has 14 heavy (non-hydrogen) atoms. The van der Waals surface area contributed by atoms with E-state index in [0.29, 0.717) is 0 Å². The van der Waals surface area contributed by atoms with E-state index in [0.717, 1.165) is 0 Å². The van der Waals surface area contributed by atoms with Crippen molar-refractivity contribution in [1.82, 2.24) is 0 Å². The van der Waals surface area contributed by atoms with E-state index >= 15 is 0 Å². The van der Waals surface area contributed by atoms with Crippen LogP contribution in [0.2, 0.25) is 0 Å². The minimum absolute atomic E-state index is 0. The Hall–Kier alpha value is 0.330. The van der Waals surface area contributed by atoms with E-state index in [1.54, 1.807) is 0 Å². The number of hydrogen-bond acceptors (Lipinski definition) is 1. The molecule has 0 fully saturated rings. The molecule has 0 aliphatic heterocycles. The Morgan fingerprint density at radius 3 is 1.93 bits per heavy atom. The molecule has 1 aromatic carbocycles. The van der Waals surface area contributed by atoms with Crippen molar-refractivity contribution in [3.05, 3.63) is 35.4 Å². The topological polar surface area (TPSA) is 77.8 Å². The summed E-state index contributed by atoms with van der Waals surface area (Å²) in [5, 5.41) is 0. The van der Waals surface area contributed by atoms with Gasteiger partial charge >= 0.3 is 37.4 Å². The average molecular weight is 226 g/mol. The summed E-state index contributed by atoms with van der Waals surface area (Å²) >= 11 is 0. The van der Waals surface area contributed by atoms with Gasteiger partial charge in [0.05, 0.1) is 0 Å². The van der Waals surface area contributed by atoms with Gasteiger partial charge in [-0.15, -0.1) is 0 Å². The van der Waals surface area contributed by atoms with E-state index < -0.39 is 7.82 Å². The smallest absolute Gasteiger partial charge is 0.303 e. The van der Waals surface area contributed by atoms with Crippen molar-refractivity contribution < 1.29 is 48.8 Å². The van der Waals surface area contributed by atoms with Crippen LogP contribution in [0.15, 0.2) is 18.2 Å². The molecule has 0 spiro atoms. The molecule has 0 heterocycles. The fraction of sp³-hybridized carbons (Fsp3) is 0.250. The van der Waals surface area contributed by atoms with Gasteiger partial charge in [-0.3, -0.25) is 0 Å². The molecule has 0 radical (unpaired) electrons. The van der Waals surface area contributed by atoms with Crippen LogP contribution in [0.1, 0.15) is 11.1 Å². The largest absolute Gasteiger partial charge is 1.00 e. The van der Waals surface area contributed by atoms with Crippen LogP contribution in [-0.2, 0) is 4.57 Å². The zero-order valence-electron chi connectivity index (χ0n) is 8.43. The summed E-state index contributed by atoms with van der Waals surface area (Å²) in [7, 11) is -4.64. The maximum atomic E-state index is 8.88. The van der Waals surface area contributed by atoms with Crippen molar-refractivity contribution >= 4 is 7.82 Å². The van der Waals surface area contributed by atoms with Gasteiger partial charge in [0.2, 0.25) is 0 Å². The van der Waals surface area contributed by atoms with Crippen LogP contribution < -0.4 is 29.6 Å². The third kappa shape index (κ3) is 12.3. The van der Waals surface area contributed by atoms with Crippen molar-refractivity contribution in [3.63, 3.8) is 0 Å². The third-order valence-corrected chi connectivity index (χ3v) is 1.33. The maximum absolute atomic E-state index is 8.88. The Morgan fingerprint density at radius 2 is 1.71 bits per heavy atom. The Balaban J connectivity index is 0. The van der Waals surface area contributed by atoms with Gasteiger partial charge in [-0.25, -0.2) is 4.57 Å². The van der Waals surface area contributed by atoms with Crippen LogP contribution >= 0.6 is 7.82 Å². The summed E-state index contributed by atoms with van der Waals surface area (Å²) in [6.07, 6.45) is 0. The Labute approximate surface area is 106 Å². The van der Waals surface area contributed by atoms with E-state index in [4.69, 9.17) is 19.2 Å². The fourth-order valence-electron chi connectivity index (χ4n) is 0.604. The second kappa shape index (κ2) is 7.60. The Kier molecular flexibility index (Phi) is 9.09. The van der Waals surface area contributed by atoms with Gasteiger partial charge < -0.3 is 14.7 Å². The van der Waals surface area contributed by atoms with Gasteiger partial charge in [0.25, 0.3) is 0 Å². The molecular formula is C8H12NaO4P. The molecule has 74 valence electrons.